The van der Waals surface area contributed by atoms with Crippen LogP contribution in [0.4, 0.5) is 18.9 Å². The number of amides is 1. The van der Waals surface area contributed by atoms with Gasteiger partial charge in [-0.25, -0.2) is 13.2 Å². The van der Waals surface area contributed by atoms with Crippen LogP contribution in [0, 0.1) is 23.4 Å². The number of halogens is 3. The van der Waals surface area contributed by atoms with E-state index in [1.807, 2.05) is 0 Å². The first-order valence-electron chi connectivity index (χ1n) is 7.09. The maximum atomic E-state index is 13.4. The molecule has 0 aromatic heterocycles. The Balaban J connectivity index is 1.83. The number of benzene rings is 1. The van der Waals surface area contributed by atoms with E-state index in [2.05, 4.69) is 17.3 Å². The summed E-state index contributed by atoms with van der Waals surface area (Å²) in [5.74, 6) is -4.08. The average Bonchev–Trinajstić information content (AvgIpc) is 2.47. The molecule has 1 aromatic rings. The molecular weight excluding hydrogens is 281 g/mol. The smallest absolute Gasteiger partial charge is 0.224 e. The first kappa shape index (κ1) is 15.8. The molecule has 0 aliphatic carbocycles. The van der Waals surface area contributed by atoms with E-state index in [0.29, 0.717) is 5.92 Å². The van der Waals surface area contributed by atoms with Gasteiger partial charge in [0.1, 0.15) is 0 Å². The van der Waals surface area contributed by atoms with E-state index in [0.717, 1.165) is 44.5 Å². The van der Waals surface area contributed by atoms with E-state index in [1.54, 1.807) is 0 Å². The highest BCUT2D eigenvalue weighted by molar-refractivity contribution is 5.90. The number of likely N-dealkylation sites (tertiary alicyclic amines) is 1. The molecule has 1 aliphatic heterocycles. The van der Waals surface area contributed by atoms with Crippen molar-refractivity contribution in [1.29, 1.82) is 0 Å². The van der Waals surface area contributed by atoms with Crippen molar-refractivity contribution in [3.8, 4) is 0 Å². The molecule has 21 heavy (non-hydrogen) atoms. The van der Waals surface area contributed by atoms with E-state index in [-0.39, 0.29) is 18.0 Å². The van der Waals surface area contributed by atoms with Gasteiger partial charge in [0.2, 0.25) is 5.91 Å². The van der Waals surface area contributed by atoms with E-state index >= 15 is 0 Å². The largest absolute Gasteiger partial charge is 0.324 e. The molecule has 0 bridgehead atoms. The lowest BCUT2D eigenvalue weighted by atomic mass is 9.92. The number of anilines is 1. The van der Waals surface area contributed by atoms with Crippen LogP contribution in [0.3, 0.4) is 0 Å². The van der Waals surface area contributed by atoms with Gasteiger partial charge in [0, 0.05) is 6.42 Å². The van der Waals surface area contributed by atoms with Crippen molar-refractivity contribution in [3.63, 3.8) is 0 Å². The zero-order valence-corrected chi connectivity index (χ0v) is 12.0. The number of nitrogens with zero attached hydrogens (tertiary/aromatic N) is 1. The summed E-state index contributed by atoms with van der Waals surface area (Å²) in [6.07, 6.45) is 3.07. The van der Waals surface area contributed by atoms with E-state index in [1.165, 1.54) is 0 Å². The summed E-state index contributed by atoms with van der Waals surface area (Å²) in [6, 6.07) is 1.83. The minimum atomic E-state index is -1.57. The predicted octanol–water partition coefficient (Wildman–Crippen LogP) is 3.16. The highest BCUT2D eigenvalue weighted by Crippen LogP contribution is 2.23. The molecule has 1 amide bonds. The quantitative estimate of drug-likeness (QED) is 0.866. The van der Waals surface area contributed by atoms with Gasteiger partial charge in [-0.3, -0.25) is 4.79 Å². The number of carbonyl (C=O) groups is 1. The molecule has 1 aromatic carbocycles. The molecule has 1 heterocycles. The Bertz CT molecular complexity index is 514. The molecule has 0 saturated carbocycles. The van der Waals surface area contributed by atoms with E-state index in [9.17, 15) is 18.0 Å². The predicted molar refractivity (Wildman–Crippen MR) is 74.4 cm³/mol. The second kappa shape index (κ2) is 6.93. The van der Waals surface area contributed by atoms with Crippen molar-refractivity contribution in [2.75, 3.05) is 25.5 Å². The summed E-state index contributed by atoms with van der Waals surface area (Å²) >= 11 is 0. The lowest BCUT2D eigenvalue weighted by molar-refractivity contribution is -0.116. The lowest BCUT2D eigenvalue weighted by Gasteiger charge is -2.28. The van der Waals surface area contributed by atoms with E-state index in [4.69, 9.17) is 0 Å². The van der Waals surface area contributed by atoms with Gasteiger partial charge < -0.3 is 10.2 Å². The standard InChI is InChI=1S/C15H19F3N2O/c1-20-8-6-10(7-9-20)2-5-13(21)19-12-4-3-11(16)14(17)15(12)18/h3-4,10H,2,5-9H2,1H3,(H,19,21). The normalized spacial score (nSPS) is 17.0. The minimum Gasteiger partial charge on any atom is -0.324 e. The summed E-state index contributed by atoms with van der Waals surface area (Å²) in [5, 5.41) is 2.30. The second-order valence-electron chi connectivity index (χ2n) is 5.56. The van der Waals surface area contributed by atoms with Crippen LogP contribution in [0.5, 0.6) is 0 Å². The first-order chi connectivity index (χ1) is 9.97. The Labute approximate surface area is 122 Å². The molecule has 1 N–H and O–H groups in total. The monoisotopic (exact) mass is 300 g/mol. The van der Waals surface area contributed by atoms with E-state index < -0.39 is 17.5 Å². The van der Waals surface area contributed by atoms with Gasteiger partial charge in [-0.05, 0) is 57.5 Å². The summed E-state index contributed by atoms with van der Waals surface area (Å²) in [6.45, 7) is 2.04. The van der Waals surface area contributed by atoms with Gasteiger partial charge in [-0.2, -0.15) is 0 Å². The van der Waals surface area contributed by atoms with Gasteiger partial charge in [-0.1, -0.05) is 0 Å². The van der Waals surface area contributed by atoms with Crippen LogP contribution in [0.15, 0.2) is 12.1 Å². The van der Waals surface area contributed by atoms with Crippen LogP contribution < -0.4 is 5.32 Å². The van der Waals surface area contributed by atoms with Crippen LogP contribution in [0.25, 0.3) is 0 Å². The Morgan fingerprint density at radius 1 is 1.24 bits per heavy atom. The molecule has 1 aliphatic rings. The molecule has 2 rings (SSSR count). The summed E-state index contributed by atoms with van der Waals surface area (Å²) in [4.78, 5) is 14.0. The zero-order valence-electron chi connectivity index (χ0n) is 12.0. The van der Waals surface area contributed by atoms with Gasteiger partial charge in [0.05, 0.1) is 5.69 Å². The van der Waals surface area contributed by atoms with Crippen LogP contribution in [0.2, 0.25) is 0 Å². The molecule has 0 unspecified atom stereocenters. The SMILES string of the molecule is CN1CCC(CCC(=O)Nc2ccc(F)c(F)c2F)CC1. The number of carbonyl (C=O) groups excluding carboxylic acids is 1. The van der Waals surface area contributed by atoms with Crippen molar-refractivity contribution in [1.82, 2.24) is 4.90 Å². The van der Waals surface area contributed by atoms with Crippen LogP contribution in [0.1, 0.15) is 25.7 Å². The third kappa shape index (κ3) is 4.20. The number of rotatable bonds is 4. The Kier molecular flexibility index (Phi) is 5.22. The third-order valence-corrected chi connectivity index (χ3v) is 3.93. The number of hydrogen-bond donors (Lipinski definition) is 1. The maximum Gasteiger partial charge on any atom is 0.224 e. The van der Waals surface area contributed by atoms with Crippen LogP contribution in [-0.2, 0) is 4.79 Å². The van der Waals surface area contributed by atoms with Crippen molar-refractivity contribution in [2.45, 2.75) is 25.7 Å². The fraction of sp³-hybridized carbons (Fsp3) is 0.533. The molecule has 0 spiro atoms. The summed E-state index contributed by atoms with van der Waals surface area (Å²) < 4.78 is 39.3. The Morgan fingerprint density at radius 2 is 1.90 bits per heavy atom. The van der Waals surface area contributed by atoms with Gasteiger partial charge in [-0.15, -0.1) is 0 Å². The fourth-order valence-electron chi connectivity index (χ4n) is 2.52. The van der Waals surface area contributed by atoms with Crippen molar-refractivity contribution < 1.29 is 18.0 Å². The molecule has 0 radical (unpaired) electrons. The topological polar surface area (TPSA) is 32.3 Å². The second-order valence-corrected chi connectivity index (χ2v) is 5.56. The summed E-state index contributed by atoms with van der Waals surface area (Å²) in [5.41, 5.74) is -0.317. The van der Waals surface area contributed by atoms with Crippen LogP contribution in [-0.4, -0.2) is 30.9 Å². The van der Waals surface area contributed by atoms with Gasteiger partial charge in [0.15, 0.2) is 17.5 Å². The average molecular weight is 300 g/mol. The van der Waals surface area contributed by atoms with Gasteiger partial charge in [0.25, 0.3) is 0 Å². The highest BCUT2D eigenvalue weighted by Gasteiger charge is 2.19. The maximum absolute atomic E-state index is 13.4. The molecule has 0 atom stereocenters. The third-order valence-electron chi connectivity index (χ3n) is 3.93. The molecule has 6 heteroatoms. The molecule has 3 nitrogen and oxygen atoms in total. The Morgan fingerprint density at radius 3 is 2.57 bits per heavy atom. The van der Waals surface area contributed by atoms with Crippen molar-refractivity contribution in [3.05, 3.63) is 29.6 Å². The highest BCUT2D eigenvalue weighted by atomic mass is 19.2. The zero-order chi connectivity index (χ0) is 15.4. The number of nitrogens with one attached hydrogen (secondary N) is 1. The lowest BCUT2D eigenvalue weighted by Crippen LogP contribution is -2.30. The minimum absolute atomic E-state index is 0.257. The fourth-order valence-corrected chi connectivity index (χ4v) is 2.52. The van der Waals surface area contributed by atoms with Gasteiger partial charge >= 0.3 is 0 Å². The van der Waals surface area contributed by atoms with Crippen molar-refractivity contribution >= 4 is 11.6 Å². The number of piperidine rings is 1. The molecule has 1 fully saturated rings. The van der Waals surface area contributed by atoms with Crippen molar-refractivity contribution in [2.24, 2.45) is 5.92 Å². The van der Waals surface area contributed by atoms with Crippen LogP contribution >= 0.6 is 0 Å². The first-order valence-corrected chi connectivity index (χ1v) is 7.09. The molecule has 1 saturated heterocycles. The summed E-state index contributed by atoms with van der Waals surface area (Å²) in [7, 11) is 2.06. The molecule has 116 valence electrons. The Hall–Kier alpha value is -1.56. The molecular formula is C15H19F3N2O. The number of hydrogen-bond acceptors (Lipinski definition) is 2.